The van der Waals surface area contributed by atoms with E-state index in [0.29, 0.717) is 11.5 Å². The second-order valence-corrected chi connectivity index (χ2v) is 1.71. The van der Waals surface area contributed by atoms with E-state index in [9.17, 15) is 0 Å². The van der Waals surface area contributed by atoms with Crippen LogP contribution in [0.2, 0.25) is 0 Å². The minimum absolute atomic E-state index is 0. The Kier molecular flexibility index (Phi) is 5.66. The minimum Gasteiger partial charge on any atom is -0.396 e. The first-order valence-electron chi connectivity index (χ1n) is 2.47. The number of anilines is 3. The molecule has 0 unspecified atom stereocenters. The lowest BCUT2D eigenvalue weighted by Gasteiger charge is -1.97. The lowest BCUT2D eigenvalue weighted by Crippen LogP contribution is -1.99. The Morgan fingerprint density at radius 1 is 1.00 bits per heavy atom. The summed E-state index contributed by atoms with van der Waals surface area (Å²) in [5.41, 5.74) is 16.4. The molecule has 0 bridgehead atoms. The van der Waals surface area contributed by atoms with E-state index in [0.717, 1.165) is 0 Å². The van der Waals surface area contributed by atoms with Crippen LogP contribution in [0.4, 0.5) is 17.3 Å². The van der Waals surface area contributed by atoms with Crippen molar-refractivity contribution < 1.29 is 0 Å². The summed E-state index contributed by atoms with van der Waals surface area (Å²) in [4.78, 5) is 3.70. The van der Waals surface area contributed by atoms with Gasteiger partial charge in [-0.25, -0.2) is 4.98 Å². The van der Waals surface area contributed by atoms with Crippen molar-refractivity contribution >= 4 is 42.1 Å². The largest absolute Gasteiger partial charge is 0.396 e. The van der Waals surface area contributed by atoms with E-state index in [1.807, 2.05) is 0 Å². The zero-order chi connectivity index (χ0) is 6.85. The van der Waals surface area contributed by atoms with Crippen molar-refractivity contribution in [2.45, 2.75) is 0 Å². The van der Waals surface area contributed by atoms with Crippen LogP contribution in [0.15, 0.2) is 12.1 Å². The first kappa shape index (κ1) is 12.8. The van der Waals surface area contributed by atoms with Gasteiger partial charge >= 0.3 is 0 Å². The molecule has 0 aliphatic heterocycles. The Hall–Kier alpha value is -0.870. The molecule has 1 heterocycles. The fraction of sp³-hybridized carbons (Fsp3) is 0. The second kappa shape index (κ2) is 4.87. The number of nitrogen functional groups attached to an aromatic ring is 3. The van der Waals surface area contributed by atoms with Gasteiger partial charge < -0.3 is 17.2 Å². The number of aromatic nitrogens is 1. The van der Waals surface area contributed by atoms with Crippen molar-refractivity contribution in [1.29, 1.82) is 0 Å². The molecule has 0 atom stereocenters. The van der Waals surface area contributed by atoms with Crippen molar-refractivity contribution in [3.8, 4) is 0 Å². The summed E-state index contributed by atoms with van der Waals surface area (Å²) in [6.07, 6.45) is 0. The average Bonchev–Trinajstić information content (AvgIpc) is 1.80. The van der Waals surface area contributed by atoms with Crippen LogP contribution in [0.3, 0.4) is 0 Å². The predicted octanol–water partition coefficient (Wildman–Crippen LogP) is 0.672. The highest BCUT2D eigenvalue weighted by Gasteiger charge is 1.92. The first-order chi connectivity index (χ1) is 4.20. The molecule has 1 rings (SSSR count). The van der Waals surface area contributed by atoms with Crippen LogP contribution in [-0.4, -0.2) is 4.98 Å². The normalized spacial score (nSPS) is 7.64. The van der Waals surface area contributed by atoms with Crippen LogP contribution in [0, 0.1) is 0 Å². The lowest BCUT2D eigenvalue weighted by atomic mass is 10.4. The van der Waals surface area contributed by atoms with Gasteiger partial charge in [-0.15, -0.1) is 24.8 Å². The molecule has 11 heavy (non-hydrogen) atoms. The lowest BCUT2D eigenvalue weighted by molar-refractivity contribution is 1.35. The summed E-state index contributed by atoms with van der Waals surface area (Å²) in [5.74, 6) is 0.678. The van der Waals surface area contributed by atoms with Crippen LogP contribution in [0.1, 0.15) is 0 Å². The van der Waals surface area contributed by atoms with Crippen molar-refractivity contribution in [1.82, 2.24) is 4.98 Å². The maximum atomic E-state index is 5.35. The zero-order valence-electron chi connectivity index (χ0n) is 5.65. The van der Waals surface area contributed by atoms with Gasteiger partial charge in [0.25, 0.3) is 0 Å². The van der Waals surface area contributed by atoms with Crippen LogP contribution in [-0.2, 0) is 0 Å². The van der Waals surface area contributed by atoms with Gasteiger partial charge in [-0.1, -0.05) is 0 Å². The molecule has 0 amide bonds. The molecule has 0 fully saturated rings. The van der Waals surface area contributed by atoms with Crippen molar-refractivity contribution in [3.63, 3.8) is 0 Å². The van der Waals surface area contributed by atoms with Crippen LogP contribution in [0.5, 0.6) is 0 Å². The van der Waals surface area contributed by atoms with Gasteiger partial charge in [0.15, 0.2) is 0 Å². The van der Waals surface area contributed by atoms with Crippen molar-refractivity contribution in [2.75, 3.05) is 17.2 Å². The molecule has 6 heteroatoms. The van der Waals surface area contributed by atoms with E-state index in [4.69, 9.17) is 17.2 Å². The smallest absolute Gasteiger partial charge is 0.149 e. The Morgan fingerprint density at radius 2 is 1.55 bits per heavy atom. The first-order valence-corrected chi connectivity index (χ1v) is 2.47. The molecular formula is C5H10Cl2N4. The Bertz CT molecular complexity index is 228. The molecule has 0 aromatic carbocycles. The number of rotatable bonds is 0. The molecule has 6 N–H and O–H groups in total. The van der Waals surface area contributed by atoms with Crippen LogP contribution in [0.25, 0.3) is 0 Å². The molecule has 0 saturated carbocycles. The van der Waals surface area contributed by atoms with Crippen LogP contribution >= 0.6 is 24.8 Å². The maximum absolute atomic E-state index is 5.35. The van der Waals surface area contributed by atoms with Gasteiger partial charge in [0.2, 0.25) is 0 Å². The van der Waals surface area contributed by atoms with E-state index < -0.39 is 0 Å². The Balaban J connectivity index is 0. The van der Waals surface area contributed by atoms with Crippen molar-refractivity contribution in [3.05, 3.63) is 12.1 Å². The zero-order valence-corrected chi connectivity index (χ0v) is 7.28. The second-order valence-electron chi connectivity index (χ2n) is 1.71. The van der Waals surface area contributed by atoms with Gasteiger partial charge in [-0.2, -0.15) is 0 Å². The molecule has 0 aliphatic carbocycles. The number of pyridine rings is 1. The van der Waals surface area contributed by atoms with Gasteiger partial charge in [0.05, 0.1) is 5.69 Å². The number of nitrogens with two attached hydrogens (primary N) is 3. The molecule has 0 saturated heterocycles. The summed E-state index contributed by atoms with van der Waals surface area (Å²) < 4.78 is 0. The number of hydrogen-bond acceptors (Lipinski definition) is 4. The molecule has 64 valence electrons. The van der Waals surface area contributed by atoms with E-state index in [1.54, 1.807) is 12.1 Å². The van der Waals surface area contributed by atoms with Gasteiger partial charge in [0, 0.05) is 0 Å². The van der Waals surface area contributed by atoms with E-state index in [1.165, 1.54) is 0 Å². The molecule has 1 aromatic rings. The molecule has 0 aliphatic rings. The number of halogens is 2. The quantitative estimate of drug-likeness (QED) is 0.570. The molecule has 0 spiro atoms. The standard InChI is InChI=1S/C5H8N4.2ClH/c6-3-1-2-4(7)9-5(3)8;;/h1-2H,6H2,(H4,7,8,9);2*1H. The third kappa shape index (κ3) is 3.15. The Labute approximate surface area is 77.0 Å². The summed E-state index contributed by atoms with van der Waals surface area (Å²) in [7, 11) is 0. The maximum Gasteiger partial charge on any atom is 0.149 e. The highest BCUT2D eigenvalue weighted by atomic mass is 35.5. The fourth-order valence-electron chi connectivity index (χ4n) is 0.501. The molecule has 4 nitrogen and oxygen atoms in total. The number of hydrogen-bond donors (Lipinski definition) is 3. The van der Waals surface area contributed by atoms with E-state index in [-0.39, 0.29) is 30.6 Å². The highest BCUT2D eigenvalue weighted by molar-refractivity contribution is 5.85. The van der Waals surface area contributed by atoms with E-state index >= 15 is 0 Å². The summed E-state index contributed by atoms with van der Waals surface area (Å²) in [6, 6.07) is 3.23. The SMILES string of the molecule is Cl.Cl.Nc1ccc(N)c(N)n1. The topological polar surface area (TPSA) is 91.0 Å². The third-order valence-electron chi connectivity index (χ3n) is 0.979. The van der Waals surface area contributed by atoms with Gasteiger partial charge in [-0.05, 0) is 12.1 Å². The molecule has 1 aromatic heterocycles. The molecular weight excluding hydrogens is 187 g/mol. The van der Waals surface area contributed by atoms with Crippen LogP contribution < -0.4 is 17.2 Å². The average molecular weight is 197 g/mol. The third-order valence-corrected chi connectivity index (χ3v) is 0.979. The minimum atomic E-state index is 0. The molecule has 0 radical (unpaired) electrons. The fourth-order valence-corrected chi connectivity index (χ4v) is 0.501. The van der Waals surface area contributed by atoms with E-state index in [2.05, 4.69) is 4.98 Å². The summed E-state index contributed by atoms with van der Waals surface area (Å²) >= 11 is 0. The number of nitrogens with zero attached hydrogens (tertiary/aromatic N) is 1. The monoisotopic (exact) mass is 196 g/mol. The Morgan fingerprint density at radius 3 is 1.91 bits per heavy atom. The van der Waals surface area contributed by atoms with Crippen molar-refractivity contribution in [2.24, 2.45) is 0 Å². The highest BCUT2D eigenvalue weighted by Crippen LogP contribution is 2.11. The summed E-state index contributed by atoms with van der Waals surface area (Å²) in [5, 5.41) is 0. The van der Waals surface area contributed by atoms with Gasteiger partial charge in [-0.3, -0.25) is 0 Å². The van der Waals surface area contributed by atoms with Gasteiger partial charge in [0.1, 0.15) is 11.6 Å². The predicted molar refractivity (Wildman–Crippen MR) is 52.0 cm³/mol. The summed E-state index contributed by atoms with van der Waals surface area (Å²) in [6.45, 7) is 0.